The number of benzene rings is 1. The molecule has 0 unspecified atom stereocenters. The molecular weight excluding hydrogens is 270 g/mol. The first-order valence-corrected chi connectivity index (χ1v) is 6.78. The van der Waals surface area contributed by atoms with Crippen molar-refractivity contribution in [2.75, 3.05) is 6.61 Å². The van der Waals surface area contributed by atoms with Gasteiger partial charge in [-0.1, -0.05) is 26.8 Å². The molecule has 0 spiro atoms. The van der Waals surface area contributed by atoms with E-state index in [-0.39, 0.29) is 12.0 Å². The Bertz CT molecular complexity index is 672. The number of aliphatic hydroxyl groups excluding tert-OH is 1. The van der Waals surface area contributed by atoms with Crippen LogP contribution in [0.25, 0.3) is 11.0 Å². The largest absolute Gasteiger partial charge is 0.465 e. The van der Waals surface area contributed by atoms with Gasteiger partial charge in [0.1, 0.15) is 11.4 Å². The van der Waals surface area contributed by atoms with Crippen LogP contribution >= 0.6 is 0 Å². The number of fused-ring (bicyclic) bond motifs is 1. The van der Waals surface area contributed by atoms with Crippen molar-refractivity contribution in [1.82, 2.24) is 15.3 Å². The van der Waals surface area contributed by atoms with Crippen molar-refractivity contribution < 1.29 is 15.0 Å². The minimum absolute atomic E-state index is 0.00684. The Morgan fingerprint density at radius 1 is 1.33 bits per heavy atom. The van der Waals surface area contributed by atoms with Gasteiger partial charge in [0.15, 0.2) is 0 Å². The smallest absolute Gasteiger partial charge is 0.405 e. The van der Waals surface area contributed by atoms with E-state index in [1.165, 1.54) is 0 Å². The number of aromatic nitrogens is 2. The summed E-state index contributed by atoms with van der Waals surface area (Å²) in [5.74, 6) is 0.397. The summed E-state index contributed by atoms with van der Waals surface area (Å²) in [5, 5.41) is 20.7. The van der Waals surface area contributed by atoms with Gasteiger partial charge in [-0.2, -0.15) is 0 Å². The second kappa shape index (κ2) is 5.04. The second-order valence-corrected chi connectivity index (χ2v) is 6.49. The number of carboxylic acid groups (broad SMARTS) is 1. The first-order valence-electron chi connectivity index (χ1n) is 6.78. The van der Waals surface area contributed by atoms with E-state index in [4.69, 9.17) is 5.11 Å². The maximum atomic E-state index is 10.9. The molecule has 0 saturated heterocycles. The van der Waals surface area contributed by atoms with Crippen LogP contribution in [-0.4, -0.2) is 32.9 Å². The molecule has 0 bridgehead atoms. The van der Waals surface area contributed by atoms with Crippen LogP contribution < -0.4 is 5.32 Å². The number of amides is 1. The fraction of sp³-hybridized carbons (Fsp3) is 0.467. The van der Waals surface area contributed by atoms with Crippen LogP contribution in [0.5, 0.6) is 0 Å². The van der Waals surface area contributed by atoms with Crippen LogP contribution in [-0.2, 0) is 11.0 Å². The van der Waals surface area contributed by atoms with Crippen LogP contribution in [0.2, 0.25) is 0 Å². The Hall–Kier alpha value is -2.08. The molecule has 1 atom stereocenters. The second-order valence-electron chi connectivity index (χ2n) is 6.49. The molecule has 6 heteroatoms. The van der Waals surface area contributed by atoms with Crippen LogP contribution in [0.1, 0.15) is 39.1 Å². The number of imidazole rings is 1. The average Bonchev–Trinajstić information content (AvgIpc) is 2.80. The van der Waals surface area contributed by atoms with Gasteiger partial charge in [0.25, 0.3) is 0 Å². The number of nitrogens with zero attached hydrogens (tertiary/aromatic N) is 1. The van der Waals surface area contributed by atoms with Crippen molar-refractivity contribution in [1.29, 1.82) is 0 Å². The van der Waals surface area contributed by atoms with Crippen molar-refractivity contribution in [2.24, 2.45) is 0 Å². The molecule has 0 radical (unpaired) electrons. The third-order valence-corrected chi connectivity index (χ3v) is 3.57. The van der Waals surface area contributed by atoms with E-state index in [2.05, 4.69) is 36.1 Å². The molecule has 1 heterocycles. The summed E-state index contributed by atoms with van der Waals surface area (Å²) in [6, 6.07) is 5.92. The minimum Gasteiger partial charge on any atom is -0.465 e. The van der Waals surface area contributed by atoms with Gasteiger partial charge in [0, 0.05) is 0 Å². The molecule has 0 aliphatic carbocycles. The fourth-order valence-corrected chi connectivity index (χ4v) is 2.14. The SMILES string of the molecule is CC(C)(C)c1ccc2[nH]c([C@](C)(CO)NC(=O)O)nc2c1. The van der Waals surface area contributed by atoms with E-state index in [1.54, 1.807) is 6.92 Å². The molecule has 1 aromatic heterocycles. The summed E-state index contributed by atoms with van der Waals surface area (Å²) in [4.78, 5) is 18.4. The van der Waals surface area contributed by atoms with Gasteiger partial charge < -0.3 is 20.5 Å². The summed E-state index contributed by atoms with van der Waals surface area (Å²) < 4.78 is 0. The Morgan fingerprint density at radius 2 is 2.00 bits per heavy atom. The van der Waals surface area contributed by atoms with Gasteiger partial charge in [-0.3, -0.25) is 0 Å². The van der Waals surface area contributed by atoms with Crippen molar-refractivity contribution in [3.8, 4) is 0 Å². The van der Waals surface area contributed by atoms with Crippen molar-refractivity contribution in [3.05, 3.63) is 29.6 Å². The third kappa shape index (κ3) is 3.00. The number of aliphatic hydroxyl groups is 1. The summed E-state index contributed by atoms with van der Waals surface area (Å²) in [7, 11) is 0. The lowest BCUT2D eigenvalue weighted by Gasteiger charge is -2.24. The monoisotopic (exact) mass is 291 g/mol. The van der Waals surface area contributed by atoms with Gasteiger partial charge in [0.2, 0.25) is 0 Å². The zero-order chi connectivity index (χ0) is 15.8. The Balaban J connectivity index is 2.49. The first-order chi connectivity index (χ1) is 9.65. The maximum absolute atomic E-state index is 10.9. The predicted octanol–water partition coefficient (Wildman–Crippen LogP) is 2.34. The highest BCUT2D eigenvalue weighted by molar-refractivity contribution is 5.76. The molecule has 0 fully saturated rings. The quantitative estimate of drug-likeness (QED) is 0.697. The molecule has 21 heavy (non-hydrogen) atoms. The highest BCUT2D eigenvalue weighted by atomic mass is 16.4. The average molecular weight is 291 g/mol. The molecule has 1 aromatic carbocycles. The number of hydrogen-bond donors (Lipinski definition) is 4. The number of rotatable bonds is 3. The third-order valence-electron chi connectivity index (χ3n) is 3.57. The Morgan fingerprint density at radius 3 is 2.52 bits per heavy atom. The van der Waals surface area contributed by atoms with Gasteiger partial charge >= 0.3 is 6.09 Å². The minimum atomic E-state index is -1.21. The number of nitrogens with one attached hydrogen (secondary N) is 2. The zero-order valence-electron chi connectivity index (χ0n) is 12.7. The molecule has 0 saturated carbocycles. The van der Waals surface area contributed by atoms with Crippen molar-refractivity contribution in [2.45, 2.75) is 38.6 Å². The lowest BCUT2D eigenvalue weighted by molar-refractivity contribution is 0.142. The van der Waals surface area contributed by atoms with E-state index in [9.17, 15) is 9.90 Å². The molecule has 2 rings (SSSR count). The normalized spacial score (nSPS) is 14.9. The van der Waals surface area contributed by atoms with Gasteiger partial charge in [-0.05, 0) is 30.0 Å². The summed E-state index contributed by atoms with van der Waals surface area (Å²) >= 11 is 0. The van der Waals surface area contributed by atoms with E-state index >= 15 is 0 Å². The summed E-state index contributed by atoms with van der Waals surface area (Å²) in [5.41, 5.74) is 1.55. The zero-order valence-corrected chi connectivity index (χ0v) is 12.7. The van der Waals surface area contributed by atoms with Crippen LogP contribution in [0.3, 0.4) is 0 Å². The lowest BCUT2D eigenvalue weighted by atomic mass is 9.87. The molecule has 0 aliphatic rings. The molecular formula is C15H21N3O3. The van der Waals surface area contributed by atoms with Crippen LogP contribution in [0.4, 0.5) is 4.79 Å². The van der Waals surface area contributed by atoms with Gasteiger partial charge in [-0.25, -0.2) is 9.78 Å². The molecule has 1 amide bonds. The molecule has 114 valence electrons. The van der Waals surface area contributed by atoms with Crippen LogP contribution in [0.15, 0.2) is 18.2 Å². The standard InChI is InChI=1S/C15H21N3O3/c1-14(2,3)9-5-6-10-11(7-9)17-12(16-10)15(4,8-19)18-13(20)21/h5-7,18-19H,8H2,1-4H3,(H,16,17)(H,20,21)/t15-/m0/s1. The van der Waals surface area contributed by atoms with E-state index < -0.39 is 11.6 Å². The number of carbonyl (C=O) groups is 1. The molecule has 4 N–H and O–H groups in total. The topological polar surface area (TPSA) is 98.2 Å². The van der Waals surface area contributed by atoms with E-state index in [0.717, 1.165) is 16.6 Å². The highest BCUT2D eigenvalue weighted by Gasteiger charge is 2.31. The predicted molar refractivity (Wildman–Crippen MR) is 80.4 cm³/mol. The lowest BCUT2D eigenvalue weighted by Crippen LogP contribution is -2.46. The van der Waals surface area contributed by atoms with Crippen molar-refractivity contribution >= 4 is 17.1 Å². The summed E-state index contributed by atoms with van der Waals surface area (Å²) in [6.45, 7) is 7.55. The first kappa shape index (κ1) is 15.3. The number of H-pyrrole nitrogens is 1. The number of hydrogen-bond acceptors (Lipinski definition) is 3. The fourth-order valence-electron chi connectivity index (χ4n) is 2.14. The molecule has 6 nitrogen and oxygen atoms in total. The van der Waals surface area contributed by atoms with Crippen LogP contribution in [0, 0.1) is 0 Å². The van der Waals surface area contributed by atoms with E-state index in [1.807, 2.05) is 18.2 Å². The Kier molecular flexibility index (Phi) is 3.67. The van der Waals surface area contributed by atoms with Gasteiger partial charge in [0.05, 0.1) is 17.6 Å². The molecule has 0 aliphatic heterocycles. The number of aromatic amines is 1. The van der Waals surface area contributed by atoms with E-state index in [0.29, 0.717) is 5.82 Å². The Labute approximate surface area is 123 Å². The van der Waals surface area contributed by atoms with Crippen molar-refractivity contribution in [3.63, 3.8) is 0 Å². The molecule has 2 aromatic rings. The highest BCUT2D eigenvalue weighted by Crippen LogP contribution is 2.27. The summed E-state index contributed by atoms with van der Waals surface area (Å²) in [6.07, 6.45) is -1.21. The van der Waals surface area contributed by atoms with Gasteiger partial charge in [-0.15, -0.1) is 0 Å². The maximum Gasteiger partial charge on any atom is 0.405 e.